The van der Waals surface area contributed by atoms with Gasteiger partial charge in [0.25, 0.3) is 0 Å². The van der Waals surface area contributed by atoms with Crippen molar-refractivity contribution in [1.29, 1.82) is 0 Å². The molecule has 102 valence electrons. The molecule has 0 amide bonds. The Morgan fingerprint density at radius 2 is 1.83 bits per heavy atom. The van der Waals surface area contributed by atoms with Crippen molar-refractivity contribution in [2.24, 2.45) is 0 Å². The Kier molecular flexibility index (Phi) is 7.16. The van der Waals surface area contributed by atoms with Crippen molar-refractivity contribution in [1.82, 2.24) is 0 Å². The largest absolute Gasteiger partial charge is 0.490 e. The van der Waals surface area contributed by atoms with Gasteiger partial charge in [-0.15, -0.1) is 0 Å². The first-order chi connectivity index (χ1) is 8.54. The van der Waals surface area contributed by atoms with Crippen molar-refractivity contribution >= 4 is 34.8 Å². The SMILES string of the molecule is CC[C@H](C)[NH2+]CCCOc1c(Cl)cc(Cl)cc1Cl. The third-order valence-corrected chi connectivity index (χ3v) is 3.55. The molecule has 1 rings (SSSR count). The maximum absolute atomic E-state index is 6.02. The van der Waals surface area contributed by atoms with E-state index in [2.05, 4.69) is 19.2 Å². The van der Waals surface area contributed by atoms with Gasteiger partial charge in [-0.3, -0.25) is 0 Å². The van der Waals surface area contributed by atoms with E-state index in [-0.39, 0.29) is 0 Å². The molecule has 1 aromatic rings. The van der Waals surface area contributed by atoms with Gasteiger partial charge < -0.3 is 10.1 Å². The zero-order chi connectivity index (χ0) is 13.5. The Hall–Kier alpha value is -0.150. The molecule has 0 spiro atoms. The van der Waals surface area contributed by atoms with Crippen LogP contribution in [-0.4, -0.2) is 19.2 Å². The molecule has 0 aliphatic carbocycles. The van der Waals surface area contributed by atoms with Gasteiger partial charge in [0.1, 0.15) is 0 Å². The van der Waals surface area contributed by atoms with Gasteiger partial charge in [-0.2, -0.15) is 0 Å². The molecule has 0 unspecified atom stereocenters. The van der Waals surface area contributed by atoms with Crippen LogP contribution in [0.25, 0.3) is 0 Å². The highest BCUT2D eigenvalue weighted by molar-refractivity contribution is 6.40. The van der Waals surface area contributed by atoms with E-state index in [1.807, 2.05) is 0 Å². The van der Waals surface area contributed by atoms with Crippen molar-refractivity contribution in [3.8, 4) is 5.75 Å². The Morgan fingerprint density at radius 3 is 2.39 bits per heavy atom. The quantitative estimate of drug-likeness (QED) is 0.762. The maximum atomic E-state index is 6.02. The highest BCUT2D eigenvalue weighted by Gasteiger charge is 2.09. The van der Waals surface area contributed by atoms with Crippen LogP contribution >= 0.6 is 34.8 Å². The summed E-state index contributed by atoms with van der Waals surface area (Å²) in [5.74, 6) is 0.520. The predicted octanol–water partition coefficient (Wildman–Crippen LogP) is 3.78. The van der Waals surface area contributed by atoms with Gasteiger partial charge >= 0.3 is 0 Å². The fourth-order valence-corrected chi connectivity index (χ4v) is 2.42. The second-order valence-corrected chi connectivity index (χ2v) is 5.56. The average Bonchev–Trinajstić information content (AvgIpc) is 2.31. The summed E-state index contributed by atoms with van der Waals surface area (Å²) in [7, 11) is 0. The van der Waals surface area contributed by atoms with Gasteiger partial charge in [-0.1, -0.05) is 41.7 Å². The van der Waals surface area contributed by atoms with Crippen LogP contribution in [0.1, 0.15) is 26.7 Å². The van der Waals surface area contributed by atoms with Crippen molar-refractivity contribution in [3.63, 3.8) is 0 Å². The topological polar surface area (TPSA) is 25.8 Å². The van der Waals surface area contributed by atoms with E-state index in [0.29, 0.717) is 33.5 Å². The lowest BCUT2D eigenvalue weighted by molar-refractivity contribution is -0.686. The van der Waals surface area contributed by atoms with Crippen molar-refractivity contribution in [3.05, 3.63) is 27.2 Å². The molecular formula is C13H19Cl3NO+. The summed E-state index contributed by atoms with van der Waals surface area (Å²) in [6.45, 7) is 6.05. The van der Waals surface area contributed by atoms with Crippen LogP contribution in [0.5, 0.6) is 5.75 Å². The second kappa shape index (κ2) is 8.11. The number of halogens is 3. The highest BCUT2D eigenvalue weighted by atomic mass is 35.5. The Labute approximate surface area is 124 Å². The smallest absolute Gasteiger partial charge is 0.156 e. The number of quaternary nitrogens is 1. The number of benzene rings is 1. The van der Waals surface area contributed by atoms with Gasteiger partial charge in [0, 0.05) is 11.4 Å². The summed E-state index contributed by atoms with van der Waals surface area (Å²) in [6, 6.07) is 3.93. The van der Waals surface area contributed by atoms with E-state index >= 15 is 0 Å². The first-order valence-electron chi connectivity index (χ1n) is 6.15. The zero-order valence-corrected chi connectivity index (χ0v) is 12.9. The van der Waals surface area contributed by atoms with Gasteiger partial charge in [-0.05, 0) is 25.5 Å². The third kappa shape index (κ3) is 5.23. The number of hydrogen-bond donors (Lipinski definition) is 1. The van der Waals surface area contributed by atoms with E-state index < -0.39 is 0 Å². The molecule has 0 aliphatic rings. The molecule has 0 bridgehead atoms. The lowest BCUT2D eigenvalue weighted by Crippen LogP contribution is -2.89. The van der Waals surface area contributed by atoms with Crippen LogP contribution in [0.15, 0.2) is 12.1 Å². The van der Waals surface area contributed by atoms with Gasteiger partial charge in [0.15, 0.2) is 5.75 Å². The summed E-state index contributed by atoms with van der Waals surface area (Å²) >= 11 is 17.9. The lowest BCUT2D eigenvalue weighted by atomic mass is 10.2. The molecule has 0 saturated carbocycles. The Balaban J connectivity index is 2.36. The second-order valence-electron chi connectivity index (χ2n) is 4.31. The summed E-state index contributed by atoms with van der Waals surface area (Å²) in [5.41, 5.74) is 0. The number of ether oxygens (including phenoxy) is 1. The van der Waals surface area contributed by atoms with Gasteiger partial charge in [0.05, 0.1) is 29.2 Å². The van der Waals surface area contributed by atoms with Crippen molar-refractivity contribution < 1.29 is 10.1 Å². The zero-order valence-electron chi connectivity index (χ0n) is 10.7. The molecule has 2 N–H and O–H groups in total. The number of hydrogen-bond acceptors (Lipinski definition) is 1. The predicted molar refractivity (Wildman–Crippen MR) is 78.1 cm³/mol. The van der Waals surface area contributed by atoms with Crippen LogP contribution in [0.2, 0.25) is 15.1 Å². The molecule has 0 heterocycles. The molecule has 18 heavy (non-hydrogen) atoms. The fourth-order valence-electron chi connectivity index (χ4n) is 1.49. The number of rotatable bonds is 7. The van der Waals surface area contributed by atoms with Crippen LogP contribution < -0.4 is 10.1 Å². The van der Waals surface area contributed by atoms with Gasteiger partial charge in [-0.25, -0.2) is 0 Å². The minimum absolute atomic E-state index is 0.457. The van der Waals surface area contributed by atoms with Crippen LogP contribution in [0.3, 0.4) is 0 Å². The minimum Gasteiger partial charge on any atom is -0.490 e. The van der Waals surface area contributed by atoms with E-state index in [1.54, 1.807) is 12.1 Å². The molecule has 0 radical (unpaired) electrons. The number of nitrogens with two attached hydrogens (primary N) is 1. The molecule has 0 aromatic heterocycles. The monoisotopic (exact) mass is 310 g/mol. The normalized spacial score (nSPS) is 12.5. The summed E-state index contributed by atoms with van der Waals surface area (Å²) in [5, 5.41) is 3.74. The molecular weight excluding hydrogens is 293 g/mol. The fraction of sp³-hybridized carbons (Fsp3) is 0.538. The summed E-state index contributed by atoms with van der Waals surface area (Å²) in [4.78, 5) is 0. The van der Waals surface area contributed by atoms with Crippen molar-refractivity contribution in [2.45, 2.75) is 32.7 Å². The molecule has 0 saturated heterocycles. The molecule has 0 aliphatic heterocycles. The highest BCUT2D eigenvalue weighted by Crippen LogP contribution is 2.35. The van der Waals surface area contributed by atoms with E-state index in [0.717, 1.165) is 13.0 Å². The lowest BCUT2D eigenvalue weighted by Gasteiger charge is -2.11. The van der Waals surface area contributed by atoms with E-state index in [1.165, 1.54) is 6.42 Å². The molecule has 5 heteroatoms. The molecule has 1 aromatic carbocycles. The third-order valence-electron chi connectivity index (χ3n) is 2.77. The Bertz CT molecular complexity index is 361. The summed E-state index contributed by atoms with van der Waals surface area (Å²) in [6.07, 6.45) is 2.13. The average molecular weight is 312 g/mol. The molecule has 0 fully saturated rings. The summed E-state index contributed by atoms with van der Waals surface area (Å²) < 4.78 is 5.60. The minimum atomic E-state index is 0.457. The first kappa shape index (κ1) is 15.9. The van der Waals surface area contributed by atoms with Crippen LogP contribution in [0, 0.1) is 0 Å². The molecule has 2 nitrogen and oxygen atoms in total. The standard InChI is InChI=1S/C13H18Cl3NO/c1-3-9(2)17-5-4-6-18-13-11(15)7-10(14)8-12(13)16/h7-9,17H,3-6H2,1-2H3/p+1/t9-/m0/s1. The van der Waals surface area contributed by atoms with Crippen LogP contribution in [-0.2, 0) is 0 Å². The molecule has 1 atom stereocenters. The Morgan fingerprint density at radius 1 is 1.22 bits per heavy atom. The van der Waals surface area contributed by atoms with E-state index in [4.69, 9.17) is 39.5 Å². The van der Waals surface area contributed by atoms with E-state index in [9.17, 15) is 0 Å². The van der Waals surface area contributed by atoms with Crippen LogP contribution in [0.4, 0.5) is 0 Å². The van der Waals surface area contributed by atoms with Gasteiger partial charge in [0.2, 0.25) is 0 Å². The maximum Gasteiger partial charge on any atom is 0.156 e. The van der Waals surface area contributed by atoms with Crippen molar-refractivity contribution in [2.75, 3.05) is 13.2 Å². The first-order valence-corrected chi connectivity index (χ1v) is 7.28.